The van der Waals surface area contributed by atoms with E-state index in [-0.39, 0.29) is 17.5 Å². The number of furan rings is 1. The van der Waals surface area contributed by atoms with Gasteiger partial charge in [-0.15, -0.1) is 0 Å². The molecule has 0 atom stereocenters. The molecule has 7 heteroatoms. The number of aliphatic hydroxyl groups is 1. The molecular weight excluding hydrogens is 270 g/mol. The molecule has 0 spiro atoms. The fourth-order valence-electron chi connectivity index (χ4n) is 2.13. The third kappa shape index (κ3) is 3.36. The topological polar surface area (TPSA) is 80.0 Å². The van der Waals surface area contributed by atoms with Gasteiger partial charge in [-0.05, 0) is 30.9 Å². The second kappa shape index (κ2) is 6.04. The van der Waals surface area contributed by atoms with Gasteiger partial charge in [0.2, 0.25) is 5.09 Å². The summed E-state index contributed by atoms with van der Waals surface area (Å²) in [5.41, 5.74) is 0. The van der Waals surface area contributed by atoms with Gasteiger partial charge in [0.05, 0.1) is 0 Å². The van der Waals surface area contributed by atoms with E-state index in [1.807, 2.05) is 0 Å². The summed E-state index contributed by atoms with van der Waals surface area (Å²) in [6, 6.07) is 2.84. The number of hydrogen-bond donors (Lipinski definition) is 1. The Morgan fingerprint density at radius 1 is 1.37 bits per heavy atom. The van der Waals surface area contributed by atoms with Crippen molar-refractivity contribution >= 4 is 10.0 Å². The first-order valence-electron chi connectivity index (χ1n) is 6.27. The predicted octanol–water partition coefficient (Wildman–Crippen LogP) is 0.819. The van der Waals surface area contributed by atoms with Gasteiger partial charge in [0, 0.05) is 26.8 Å². The summed E-state index contributed by atoms with van der Waals surface area (Å²) < 4.78 is 36.2. The van der Waals surface area contributed by atoms with E-state index in [2.05, 4.69) is 0 Å². The Balaban J connectivity index is 2.05. The third-order valence-corrected chi connectivity index (χ3v) is 5.01. The second-order valence-corrected chi connectivity index (χ2v) is 6.70. The standard InChI is InChI=1S/C12H19NO5S/c1-13(8-10-4-6-17-7-5-10)19(15,16)12-3-2-11(9-14)18-12/h2-3,10,14H,4-9H2,1H3. The lowest BCUT2D eigenvalue weighted by atomic mass is 10.0. The van der Waals surface area contributed by atoms with E-state index < -0.39 is 10.0 Å². The van der Waals surface area contributed by atoms with Crippen molar-refractivity contribution in [3.63, 3.8) is 0 Å². The number of hydrogen-bond acceptors (Lipinski definition) is 5. The lowest BCUT2D eigenvalue weighted by Gasteiger charge is -2.26. The van der Waals surface area contributed by atoms with Gasteiger partial charge >= 0.3 is 0 Å². The molecular formula is C12H19NO5S. The van der Waals surface area contributed by atoms with Crippen molar-refractivity contribution in [1.29, 1.82) is 0 Å². The average Bonchev–Trinajstić information content (AvgIpc) is 2.89. The molecule has 1 saturated heterocycles. The van der Waals surface area contributed by atoms with Crippen molar-refractivity contribution in [1.82, 2.24) is 4.31 Å². The van der Waals surface area contributed by atoms with Gasteiger partial charge in [-0.3, -0.25) is 0 Å². The van der Waals surface area contributed by atoms with E-state index in [1.165, 1.54) is 16.4 Å². The molecule has 0 saturated carbocycles. The van der Waals surface area contributed by atoms with Gasteiger partial charge in [-0.25, -0.2) is 8.42 Å². The summed E-state index contributed by atoms with van der Waals surface area (Å²) in [6.07, 6.45) is 1.75. The van der Waals surface area contributed by atoms with Crippen molar-refractivity contribution in [2.24, 2.45) is 5.92 Å². The Kier molecular flexibility index (Phi) is 4.62. The molecule has 19 heavy (non-hydrogen) atoms. The van der Waals surface area contributed by atoms with Crippen LogP contribution in [0.4, 0.5) is 0 Å². The summed E-state index contributed by atoms with van der Waals surface area (Å²) in [7, 11) is -2.07. The molecule has 0 amide bonds. The van der Waals surface area contributed by atoms with Crippen LogP contribution in [0.3, 0.4) is 0 Å². The summed E-state index contributed by atoms with van der Waals surface area (Å²) >= 11 is 0. The predicted molar refractivity (Wildman–Crippen MR) is 68.0 cm³/mol. The van der Waals surface area contributed by atoms with Crippen LogP contribution in [0, 0.1) is 5.92 Å². The number of sulfonamides is 1. The van der Waals surface area contributed by atoms with E-state index in [9.17, 15) is 8.42 Å². The molecule has 1 aliphatic rings. The zero-order chi connectivity index (χ0) is 13.9. The fraction of sp³-hybridized carbons (Fsp3) is 0.667. The largest absolute Gasteiger partial charge is 0.446 e. The molecule has 0 aromatic carbocycles. The maximum atomic E-state index is 12.3. The van der Waals surface area contributed by atoms with Crippen LogP contribution in [0.2, 0.25) is 0 Å². The SMILES string of the molecule is CN(CC1CCOCC1)S(=O)(=O)c1ccc(CO)o1. The second-order valence-electron chi connectivity index (χ2n) is 4.72. The first-order chi connectivity index (χ1) is 9.04. The summed E-state index contributed by atoms with van der Waals surface area (Å²) in [5.74, 6) is 0.568. The highest BCUT2D eigenvalue weighted by Gasteiger charge is 2.27. The third-order valence-electron chi connectivity index (χ3n) is 3.31. The van der Waals surface area contributed by atoms with Crippen molar-refractivity contribution in [3.05, 3.63) is 17.9 Å². The molecule has 1 aromatic rings. The zero-order valence-corrected chi connectivity index (χ0v) is 11.7. The van der Waals surface area contributed by atoms with Crippen LogP contribution in [-0.4, -0.2) is 44.6 Å². The number of ether oxygens (including phenoxy) is 1. The molecule has 0 aliphatic carbocycles. The van der Waals surface area contributed by atoms with Gasteiger partial charge in [-0.1, -0.05) is 0 Å². The minimum absolute atomic E-state index is 0.119. The Bertz CT molecular complexity index is 504. The van der Waals surface area contributed by atoms with Crippen LogP contribution in [0.1, 0.15) is 18.6 Å². The van der Waals surface area contributed by atoms with Crippen LogP contribution in [0.5, 0.6) is 0 Å². The van der Waals surface area contributed by atoms with Gasteiger partial charge in [-0.2, -0.15) is 4.31 Å². The monoisotopic (exact) mass is 289 g/mol. The Labute approximate surface area is 113 Å². The van der Waals surface area contributed by atoms with Crippen LogP contribution >= 0.6 is 0 Å². The highest BCUT2D eigenvalue weighted by atomic mass is 32.2. The normalized spacial score (nSPS) is 18.1. The summed E-state index contributed by atoms with van der Waals surface area (Å²) in [4.78, 5) is 0. The first kappa shape index (κ1) is 14.5. The Morgan fingerprint density at radius 3 is 2.63 bits per heavy atom. The minimum atomic E-state index is -3.61. The molecule has 0 radical (unpaired) electrons. The van der Waals surface area contributed by atoms with Gasteiger partial charge in [0.1, 0.15) is 12.4 Å². The van der Waals surface area contributed by atoms with Gasteiger partial charge < -0.3 is 14.3 Å². The van der Waals surface area contributed by atoms with Crippen LogP contribution < -0.4 is 0 Å². The molecule has 0 bridgehead atoms. The van der Waals surface area contributed by atoms with E-state index in [0.29, 0.717) is 25.7 Å². The molecule has 0 unspecified atom stereocenters. The maximum absolute atomic E-state index is 12.3. The zero-order valence-electron chi connectivity index (χ0n) is 10.9. The summed E-state index contributed by atoms with van der Waals surface area (Å²) in [5, 5.41) is 8.78. The Hall–Kier alpha value is -0.890. The first-order valence-corrected chi connectivity index (χ1v) is 7.71. The Morgan fingerprint density at radius 2 is 2.05 bits per heavy atom. The number of nitrogens with zero attached hydrogens (tertiary/aromatic N) is 1. The lowest BCUT2D eigenvalue weighted by molar-refractivity contribution is 0.0619. The van der Waals surface area contributed by atoms with Gasteiger partial charge in [0.25, 0.3) is 10.0 Å². The molecule has 1 aromatic heterocycles. The van der Waals surface area contributed by atoms with E-state index in [4.69, 9.17) is 14.3 Å². The lowest BCUT2D eigenvalue weighted by Crippen LogP contribution is -2.34. The van der Waals surface area contributed by atoms with Crippen molar-refractivity contribution in [3.8, 4) is 0 Å². The molecule has 108 valence electrons. The molecule has 1 N–H and O–H groups in total. The average molecular weight is 289 g/mol. The smallest absolute Gasteiger partial charge is 0.276 e. The van der Waals surface area contributed by atoms with Crippen molar-refractivity contribution in [2.75, 3.05) is 26.8 Å². The number of aliphatic hydroxyl groups excluding tert-OH is 1. The molecule has 2 heterocycles. The van der Waals surface area contributed by atoms with E-state index in [1.54, 1.807) is 7.05 Å². The van der Waals surface area contributed by atoms with Crippen LogP contribution in [0.25, 0.3) is 0 Å². The molecule has 1 aliphatic heterocycles. The minimum Gasteiger partial charge on any atom is -0.446 e. The van der Waals surface area contributed by atoms with E-state index >= 15 is 0 Å². The van der Waals surface area contributed by atoms with Crippen molar-refractivity contribution < 1.29 is 22.7 Å². The highest BCUT2D eigenvalue weighted by Crippen LogP contribution is 2.22. The quantitative estimate of drug-likeness (QED) is 0.868. The van der Waals surface area contributed by atoms with Crippen LogP contribution in [0.15, 0.2) is 21.6 Å². The maximum Gasteiger partial charge on any atom is 0.276 e. The molecule has 6 nitrogen and oxygen atoms in total. The van der Waals surface area contributed by atoms with Crippen LogP contribution in [-0.2, 0) is 21.4 Å². The molecule has 1 fully saturated rings. The van der Waals surface area contributed by atoms with Gasteiger partial charge in [0.15, 0.2) is 0 Å². The summed E-state index contributed by atoms with van der Waals surface area (Å²) in [6.45, 7) is 1.53. The fourth-order valence-corrected chi connectivity index (χ4v) is 3.29. The van der Waals surface area contributed by atoms with Crippen molar-refractivity contribution in [2.45, 2.75) is 24.5 Å². The number of rotatable bonds is 5. The molecule has 2 rings (SSSR count). The van der Waals surface area contributed by atoms with E-state index in [0.717, 1.165) is 12.8 Å². The highest BCUT2D eigenvalue weighted by molar-refractivity contribution is 7.89.